The maximum Gasteiger partial charge on any atom is 0.225 e. The van der Waals surface area contributed by atoms with Crippen molar-refractivity contribution in [1.29, 1.82) is 0 Å². The maximum absolute atomic E-state index is 11.3. The Morgan fingerprint density at radius 2 is 2.36 bits per heavy atom. The lowest BCUT2D eigenvalue weighted by molar-refractivity contribution is -0.115. The van der Waals surface area contributed by atoms with Gasteiger partial charge in [0.1, 0.15) is 0 Å². The number of rotatable bonds is 1. The van der Waals surface area contributed by atoms with E-state index in [1.165, 1.54) is 0 Å². The van der Waals surface area contributed by atoms with Crippen molar-refractivity contribution in [1.82, 2.24) is 0 Å². The maximum atomic E-state index is 11.3. The summed E-state index contributed by atoms with van der Waals surface area (Å²) in [6.45, 7) is 0.00776. The molecule has 0 unspecified atom stereocenters. The molecule has 0 bridgehead atoms. The third kappa shape index (κ3) is 1.91. The molecule has 14 heavy (non-hydrogen) atoms. The van der Waals surface area contributed by atoms with Crippen LogP contribution < -0.4 is 5.32 Å². The molecule has 0 saturated heterocycles. The fraction of sp³-hybridized carbons (Fsp3) is 0.300. The van der Waals surface area contributed by atoms with Gasteiger partial charge in [-0.05, 0) is 17.7 Å². The first kappa shape index (κ1) is 9.55. The summed E-state index contributed by atoms with van der Waals surface area (Å²) in [5.41, 5.74) is 1.65. The van der Waals surface area contributed by atoms with E-state index in [1.807, 2.05) is 18.2 Å². The van der Waals surface area contributed by atoms with Crippen LogP contribution in [-0.2, 0) is 11.4 Å². The molecule has 1 amide bonds. The highest BCUT2D eigenvalue weighted by atomic mass is 32.2. The molecule has 74 valence electrons. The summed E-state index contributed by atoms with van der Waals surface area (Å²) in [5, 5.41) is 11.8. The number of fused-ring (bicyclic) bond motifs is 1. The van der Waals surface area contributed by atoms with Crippen molar-refractivity contribution in [2.75, 3.05) is 11.1 Å². The Morgan fingerprint density at radius 1 is 1.50 bits per heavy atom. The second kappa shape index (κ2) is 4.02. The highest BCUT2D eigenvalue weighted by molar-refractivity contribution is 7.99. The zero-order chi connectivity index (χ0) is 9.97. The van der Waals surface area contributed by atoms with Crippen molar-refractivity contribution in [2.24, 2.45) is 0 Å². The fourth-order valence-electron chi connectivity index (χ4n) is 1.37. The molecule has 0 saturated carbocycles. The number of benzene rings is 1. The van der Waals surface area contributed by atoms with E-state index in [2.05, 4.69) is 5.32 Å². The molecule has 0 radical (unpaired) electrons. The number of carbonyl (C=O) groups excluding carboxylic acids is 1. The first-order valence-corrected chi connectivity index (χ1v) is 5.44. The monoisotopic (exact) mass is 209 g/mol. The molecule has 0 fully saturated rings. The Bertz CT molecular complexity index is 365. The van der Waals surface area contributed by atoms with Gasteiger partial charge in [-0.15, -0.1) is 11.8 Å². The number of aliphatic hydroxyl groups excluding tert-OH is 1. The summed E-state index contributed by atoms with van der Waals surface area (Å²) in [7, 11) is 0. The summed E-state index contributed by atoms with van der Waals surface area (Å²) < 4.78 is 0. The number of aliphatic hydroxyl groups is 1. The van der Waals surface area contributed by atoms with Crippen molar-refractivity contribution in [3.8, 4) is 0 Å². The highest BCUT2D eigenvalue weighted by Crippen LogP contribution is 2.31. The van der Waals surface area contributed by atoms with E-state index in [-0.39, 0.29) is 12.5 Å². The lowest BCUT2D eigenvalue weighted by Crippen LogP contribution is -2.10. The lowest BCUT2D eigenvalue weighted by atomic mass is 10.2. The Labute approximate surface area is 86.5 Å². The van der Waals surface area contributed by atoms with Crippen LogP contribution in [0.4, 0.5) is 5.69 Å². The first-order chi connectivity index (χ1) is 6.79. The molecule has 3 nitrogen and oxygen atoms in total. The third-order valence-corrected chi connectivity index (χ3v) is 3.16. The van der Waals surface area contributed by atoms with Crippen molar-refractivity contribution in [3.63, 3.8) is 0 Å². The normalized spacial score (nSPS) is 15.6. The van der Waals surface area contributed by atoms with Gasteiger partial charge in [-0.1, -0.05) is 6.07 Å². The molecule has 1 aliphatic rings. The van der Waals surface area contributed by atoms with Crippen LogP contribution in [-0.4, -0.2) is 16.8 Å². The van der Waals surface area contributed by atoms with Gasteiger partial charge in [0.25, 0.3) is 0 Å². The Kier molecular flexibility index (Phi) is 2.74. The van der Waals surface area contributed by atoms with Crippen LogP contribution in [0.2, 0.25) is 0 Å². The van der Waals surface area contributed by atoms with Crippen LogP contribution in [0.15, 0.2) is 23.1 Å². The molecular weight excluding hydrogens is 198 g/mol. The minimum atomic E-state index is 0.00776. The summed E-state index contributed by atoms with van der Waals surface area (Å²) >= 11 is 1.67. The van der Waals surface area contributed by atoms with Crippen LogP contribution in [0, 0.1) is 0 Å². The van der Waals surface area contributed by atoms with Gasteiger partial charge >= 0.3 is 0 Å². The van der Waals surface area contributed by atoms with Gasteiger partial charge in [-0.2, -0.15) is 0 Å². The second-order valence-corrected chi connectivity index (χ2v) is 4.27. The average Bonchev–Trinajstić information content (AvgIpc) is 2.37. The van der Waals surface area contributed by atoms with E-state index in [4.69, 9.17) is 5.11 Å². The second-order valence-electron chi connectivity index (χ2n) is 3.14. The molecule has 1 aromatic rings. The third-order valence-electron chi connectivity index (χ3n) is 2.09. The average molecular weight is 209 g/mol. The summed E-state index contributed by atoms with van der Waals surface area (Å²) in [5.74, 6) is 0.864. The number of thioether (sulfide) groups is 1. The van der Waals surface area contributed by atoms with Crippen molar-refractivity contribution in [2.45, 2.75) is 17.9 Å². The lowest BCUT2D eigenvalue weighted by Gasteiger charge is -2.07. The predicted octanol–water partition coefficient (Wildman–Crippen LogP) is 1.61. The van der Waals surface area contributed by atoms with Crippen LogP contribution in [0.25, 0.3) is 0 Å². The van der Waals surface area contributed by atoms with Gasteiger partial charge < -0.3 is 10.4 Å². The van der Waals surface area contributed by atoms with Crippen molar-refractivity contribution in [3.05, 3.63) is 23.8 Å². The van der Waals surface area contributed by atoms with Gasteiger partial charge in [0.15, 0.2) is 0 Å². The van der Waals surface area contributed by atoms with Gasteiger partial charge in [0.2, 0.25) is 5.91 Å². The van der Waals surface area contributed by atoms with E-state index in [0.717, 1.165) is 21.9 Å². The van der Waals surface area contributed by atoms with Crippen molar-refractivity contribution < 1.29 is 9.90 Å². The van der Waals surface area contributed by atoms with Crippen LogP contribution in [0.5, 0.6) is 0 Å². The number of nitrogens with one attached hydrogen (secondary N) is 1. The molecule has 0 atom stereocenters. The van der Waals surface area contributed by atoms with E-state index in [1.54, 1.807) is 11.8 Å². The standard InChI is InChI=1S/C10H11NO2S/c12-6-7-1-2-9-8(5-7)11-10(13)3-4-14-9/h1-2,5,12H,3-4,6H2,(H,11,13). The number of carbonyl (C=O) groups is 1. The molecule has 1 aliphatic heterocycles. The summed E-state index contributed by atoms with van der Waals surface area (Å²) in [6.07, 6.45) is 0.549. The minimum Gasteiger partial charge on any atom is -0.392 e. The number of hydrogen-bond acceptors (Lipinski definition) is 3. The number of hydrogen-bond donors (Lipinski definition) is 2. The summed E-state index contributed by atoms with van der Waals surface area (Å²) in [4.78, 5) is 12.3. The molecule has 2 N–H and O–H groups in total. The Morgan fingerprint density at radius 3 is 3.14 bits per heavy atom. The summed E-state index contributed by atoms with van der Waals surface area (Å²) in [6, 6.07) is 5.64. The van der Waals surface area contributed by atoms with E-state index < -0.39 is 0 Å². The van der Waals surface area contributed by atoms with Gasteiger partial charge in [0.05, 0.1) is 12.3 Å². The molecule has 0 spiro atoms. The van der Waals surface area contributed by atoms with E-state index in [9.17, 15) is 4.79 Å². The highest BCUT2D eigenvalue weighted by Gasteiger charge is 2.12. The minimum absolute atomic E-state index is 0.00776. The molecule has 1 aromatic carbocycles. The molecular formula is C10H11NO2S. The number of amides is 1. The van der Waals surface area contributed by atoms with Crippen molar-refractivity contribution >= 4 is 23.4 Å². The van der Waals surface area contributed by atoms with Crippen LogP contribution >= 0.6 is 11.8 Å². The molecule has 2 rings (SSSR count). The topological polar surface area (TPSA) is 49.3 Å². The van der Waals surface area contributed by atoms with Gasteiger partial charge in [0, 0.05) is 17.1 Å². The predicted molar refractivity (Wildman–Crippen MR) is 56.3 cm³/mol. The molecule has 0 aromatic heterocycles. The smallest absolute Gasteiger partial charge is 0.225 e. The van der Waals surface area contributed by atoms with Gasteiger partial charge in [-0.25, -0.2) is 0 Å². The molecule has 0 aliphatic carbocycles. The van der Waals surface area contributed by atoms with E-state index in [0.29, 0.717) is 6.42 Å². The largest absolute Gasteiger partial charge is 0.392 e. The Balaban J connectivity index is 2.36. The quantitative estimate of drug-likeness (QED) is 0.738. The SMILES string of the molecule is O=C1CCSc2ccc(CO)cc2N1. The van der Waals surface area contributed by atoms with Gasteiger partial charge in [-0.3, -0.25) is 4.79 Å². The molecule has 1 heterocycles. The van der Waals surface area contributed by atoms with E-state index >= 15 is 0 Å². The van der Waals surface area contributed by atoms with Crippen LogP contribution in [0.1, 0.15) is 12.0 Å². The number of anilines is 1. The molecule has 4 heteroatoms. The zero-order valence-corrected chi connectivity index (χ0v) is 8.43. The first-order valence-electron chi connectivity index (χ1n) is 4.46. The zero-order valence-electron chi connectivity index (χ0n) is 7.62. The Hall–Kier alpha value is -1.00. The fourth-order valence-corrected chi connectivity index (χ4v) is 2.30. The van der Waals surface area contributed by atoms with Crippen LogP contribution in [0.3, 0.4) is 0 Å².